The first-order chi connectivity index (χ1) is 13.1. The van der Waals surface area contributed by atoms with Crippen molar-refractivity contribution in [3.05, 3.63) is 65.6 Å². The van der Waals surface area contributed by atoms with Crippen molar-refractivity contribution in [3.63, 3.8) is 0 Å². The van der Waals surface area contributed by atoms with Gasteiger partial charge < -0.3 is 4.74 Å². The van der Waals surface area contributed by atoms with Crippen LogP contribution in [-0.4, -0.2) is 44.3 Å². The van der Waals surface area contributed by atoms with Crippen molar-refractivity contribution in [1.82, 2.24) is 24.6 Å². The number of halogens is 1. The number of rotatable bonds is 4. The van der Waals surface area contributed by atoms with Crippen molar-refractivity contribution in [2.45, 2.75) is 19.6 Å². The summed E-state index contributed by atoms with van der Waals surface area (Å²) in [5.41, 5.74) is 4.02. The lowest BCUT2D eigenvalue weighted by atomic mass is 10.0. The second-order valence-corrected chi connectivity index (χ2v) is 6.74. The van der Waals surface area contributed by atoms with E-state index >= 15 is 0 Å². The summed E-state index contributed by atoms with van der Waals surface area (Å²) in [5, 5.41) is 4.32. The average molecular weight is 367 g/mol. The van der Waals surface area contributed by atoms with Crippen LogP contribution in [0.3, 0.4) is 0 Å². The van der Waals surface area contributed by atoms with Gasteiger partial charge in [-0.3, -0.25) is 19.5 Å². The Hall–Kier alpha value is -2.64. The standard InChI is InChI=1S/C20H22FN5O/c1-14-15(11-24-25(14)2)12-26-9-10-27-18(13-26)20-19(22-7-8-23-20)16-5-3-4-6-17(16)21/h3-8,11,18H,9-10,12-13H2,1-2H3/t18-/m1/s1. The van der Waals surface area contributed by atoms with E-state index in [1.54, 1.807) is 30.6 Å². The maximum Gasteiger partial charge on any atom is 0.132 e. The maximum absolute atomic E-state index is 14.3. The monoisotopic (exact) mass is 367 g/mol. The van der Waals surface area contributed by atoms with Gasteiger partial charge in [0.25, 0.3) is 0 Å². The first kappa shape index (κ1) is 17.8. The molecule has 3 heterocycles. The molecule has 2 aromatic heterocycles. The Morgan fingerprint density at radius 3 is 2.81 bits per heavy atom. The van der Waals surface area contributed by atoms with Crippen LogP contribution in [0.4, 0.5) is 4.39 Å². The Kier molecular flexibility index (Phi) is 4.96. The van der Waals surface area contributed by atoms with E-state index in [-0.39, 0.29) is 11.9 Å². The molecule has 1 atom stereocenters. The van der Waals surface area contributed by atoms with Crippen LogP contribution in [0.2, 0.25) is 0 Å². The van der Waals surface area contributed by atoms with Crippen molar-refractivity contribution in [1.29, 1.82) is 0 Å². The van der Waals surface area contributed by atoms with Gasteiger partial charge in [-0.25, -0.2) is 4.39 Å². The Labute approximate surface area is 157 Å². The fourth-order valence-corrected chi connectivity index (χ4v) is 3.40. The van der Waals surface area contributed by atoms with Crippen LogP contribution in [0.25, 0.3) is 11.3 Å². The van der Waals surface area contributed by atoms with E-state index in [2.05, 4.69) is 26.9 Å². The first-order valence-electron chi connectivity index (χ1n) is 9.00. The molecule has 0 radical (unpaired) electrons. The lowest BCUT2D eigenvalue weighted by Crippen LogP contribution is -2.38. The van der Waals surface area contributed by atoms with Gasteiger partial charge >= 0.3 is 0 Å². The third-order valence-corrected chi connectivity index (χ3v) is 5.04. The third-order valence-electron chi connectivity index (χ3n) is 5.04. The molecule has 3 aromatic rings. The Bertz CT molecular complexity index is 942. The SMILES string of the molecule is Cc1c(CN2CCO[C@@H](c3nccnc3-c3ccccc3F)C2)cnn1C. The number of hydrogen-bond acceptors (Lipinski definition) is 5. The van der Waals surface area contributed by atoms with E-state index in [4.69, 9.17) is 4.74 Å². The molecule has 7 heteroatoms. The minimum atomic E-state index is -0.307. The molecule has 0 spiro atoms. The molecule has 1 fully saturated rings. The van der Waals surface area contributed by atoms with E-state index < -0.39 is 0 Å². The second kappa shape index (κ2) is 7.54. The number of ether oxygens (including phenoxy) is 1. The molecular formula is C20H22FN5O. The van der Waals surface area contributed by atoms with Gasteiger partial charge in [0.1, 0.15) is 11.9 Å². The number of nitrogens with zero attached hydrogens (tertiary/aromatic N) is 5. The summed E-state index contributed by atoms with van der Waals surface area (Å²) in [5.74, 6) is -0.307. The zero-order valence-corrected chi connectivity index (χ0v) is 15.5. The highest BCUT2D eigenvalue weighted by atomic mass is 19.1. The second-order valence-electron chi connectivity index (χ2n) is 6.74. The van der Waals surface area contributed by atoms with Gasteiger partial charge in [0, 0.05) is 55.9 Å². The quantitative estimate of drug-likeness (QED) is 0.710. The molecule has 140 valence electrons. The summed E-state index contributed by atoms with van der Waals surface area (Å²) in [6, 6.07) is 6.63. The number of hydrogen-bond donors (Lipinski definition) is 0. The molecule has 0 amide bonds. The lowest BCUT2D eigenvalue weighted by molar-refractivity contribution is -0.0349. The summed E-state index contributed by atoms with van der Waals surface area (Å²) in [7, 11) is 1.95. The zero-order valence-electron chi connectivity index (χ0n) is 15.5. The fourth-order valence-electron chi connectivity index (χ4n) is 3.40. The van der Waals surface area contributed by atoms with Gasteiger partial charge in [-0.05, 0) is 19.1 Å². The number of aromatic nitrogens is 4. The van der Waals surface area contributed by atoms with Crippen LogP contribution >= 0.6 is 0 Å². The van der Waals surface area contributed by atoms with Crippen molar-refractivity contribution < 1.29 is 9.13 Å². The molecule has 0 N–H and O–H groups in total. The van der Waals surface area contributed by atoms with Crippen molar-refractivity contribution in [2.75, 3.05) is 19.7 Å². The van der Waals surface area contributed by atoms with Crippen LogP contribution in [0, 0.1) is 12.7 Å². The van der Waals surface area contributed by atoms with Gasteiger partial charge in [0.2, 0.25) is 0 Å². The molecule has 27 heavy (non-hydrogen) atoms. The molecule has 1 aromatic carbocycles. The molecule has 0 saturated carbocycles. The molecular weight excluding hydrogens is 345 g/mol. The number of benzene rings is 1. The summed E-state index contributed by atoms with van der Waals surface area (Å²) < 4.78 is 22.2. The molecule has 6 nitrogen and oxygen atoms in total. The zero-order chi connectivity index (χ0) is 18.8. The Morgan fingerprint density at radius 1 is 1.22 bits per heavy atom. The normalized spacial score (nSPS) is 18.0. The largest absolute Gasteiger partial charge is 0.369 e. The van der Waals surface area contributed by atoms with Crippen LogP contribution in [-0.2, 0) is 18.3 Å². The van der Waals surface area contributed by atoms with Crippen LogP contribution in [0.5, 0.6) is 0 Å². The van der Waals surface area contributed by atoms with E-state index in [9.17, 15) is 4.39 Å². The van der Waals surface area contributed by atoms with Crippen molar-refractivity contribution >= 4 is 0 Å². The Balaban J connectivity index is 1.59. The average Bonchev–Trinajstić information content (AvgIpc) is 3.01. The van der Waals surface area contributed by atoms with E-state index in [1.807, 2.05) is 17.9 Å². The highest BCUT2D eigenvalue weighted by molar-refractivity contribution is 5.62. The van der Waals surface area contributed by atoms with Crippen molar-refractivity contribution in [2.24, 2.45) is 7.05 Å². The van der Waals surface area contributed by atoms with E-state index in [1.165, 1.54) is 11.6 Å². The van der Waals surface area contributed by atoms with Gasteiger partial charge in [-0.1, -0.05) is 12.1 Å². The molecule has 0 unspecified atom stereocenters. The van der Waals surface area contributed by atoms with Crippen molar-refractivity contribution in [3.8, 4) is 11.3 Å². The molecule has 1 saturated heterocycles. The smallest absolute Gasteiger partial charge is 0.132 e. The number of aryl methyl sites for hydroxylation is 1. The minimum Gasteiger partial charge on any atom is -0.369 e. The molecule has 4 rings (SSSR count). The summed E-state index contributed by atoms with van der Waals surface area (Å²) in [4.78, 5) is 11.2. The lowest BCUT2D eigenvalue weighted by Gasteiger charge is -2.33. The van der Waals surface area contributed by atoms with E-state index in [0.29, 0.717) is 30.1 Å². The van der Waals surface area contributed by atoms with E-state index in [0.717, 1.165) is 18.8 Å². The van der Waals surface area contributed by atoms with Gasteiger partial charge in [-0.15, -0.1) is 0 Å². The predicted molar refractivity (Wildman–Crippen MR) is 99.3 cm³/mol. The summed E-state index contributed by atoms with van der Waals surface area (Å²) in [6.07, 6.45) is 4.88. The highest BCUT2D eigenvalue weighted by Gasteiger charge is 2.27. The highest BCUT2D eigenvalue weighted by Crippen LogP contribution is 2.30. The van der Waals surface area contributed by atoms with Gasteiger partial charge in [0.05, 0.1) is 24.2 Å². The van der Waals surface area contributed by atoms with Crippen LogP contribution in [0.1, 0.15) is 23.1 Å². The third kappa shape index (κ3) is 3.61. The maximum atomic E-state index is 14.3. The topological polar surface area (TPSA) is 56.1 Å². The fraction of sp³-hybridized carbons (Fsp3) is 0.350. The minimum absolute atomic E-state index is 0.251. The van der Waals surface area contributed by atoms with Crippen LogP contribution in [0.15, 0.2) is 42.9 Å². The molecule has 1 aliphatic heterocycles. The van der Waals surface area contributed by atoms with Gasteiger partial charge in [-0.2, -0.15) is 5.10 Å². The van der Waals surface area contributed by atoms with Crippen LogP contribution < -0.4 is 0 Å². The predicted octanol–water partition coefficient (Wildman–Crippen LogP) is 2.90. The number of morpholine rings is 1. The summed E-state index contributed by atoms with van der Waals surface area (Å²) in [6.45, 7) is 4.97. The molecule has 0 bridgehead atoms. The molecule has 0 aliphatic carbocycles. The van der Waals surface area contributed by atoms with Gasteiger partial charge in [0.15, 0.2) is 0 Å². The summed E-state index contributed by atoms with van der Waals surface area (Å²) >= 11 is 0. The first-order valence-corrected chi connectivity index (χ1v) is 9.00. The molecule has 1 aliphatic rings. The Morgan fingerprint density at radius 2 is 2.04 bits per heavy atom.